The number of aliphatic imine (C=N–C) groups is 1. The molecule has 0 aromatic heterocycles. The second kappa shape index (κ2) is 9.90. The number of hydrogen-bond donors (Lipinski definition) is 1. The molecular formula is C28H34N2O3. The summed E-state index contributed by atoms with van der Waals surface area (Å²) in [7, 11) is 0. The summed E-state index contributed by atoms with van der Waals surface area (Å²) in [5.74, 6) is -0.910. The number of carbonyl (C=O) groups excluding carboxylic acids is 1. The van der Waals surface area contributed by atoms with Crippen molar-refractivity contribution in [2.45, 2.75) is 64.8 Å². The molecule has 0 saturated heterocycles. The van der Waals surface area contributed by atoms with Crippen LogP contribution in [-0.2, 0) is 9.59 Å². The van der Waals surface area contributed by atoms with Gasteiger partial charge in [-0.05, 0) is 48.8 Å². The zero-order chi connectivity index (χ0) is 23.5. The topological polar surface area (TPSA) is 70.0 Å². The average Bonchev–Trinajstić information content (AvgIpc) is 3.68. The van der Waals surface area contributed by atoms with Crippen molar-refractivity contribution in [3.8, 4) is 0 Å². The van der Waals surface area contributed by atoms with E-state index in [2.05, 4.69) is 26.0 Å². The number of carboxylic acid groups (broad SMARTS) is 1. The number of fused-ring (bicyclic) bond motifs is 1. The van der Waals surface area contributed by atoms with E-state index >= 15 is 0 Å². The van der Waals surface area contributed by atoms with Crippen LogP contribution in [0.2, 0.25) is 0 Å². The molecule has 2 aromatic carbocycles. The lowest BCUT2D eigenvalue weighted by atomic mass is 9.93. The van der Waals surface area contributed by atoms with Gasteiger partial charge in [0.1, 0.15) is 6.04 Å². The van der Waals surface area contributed by atoms with Crippen molar-refractivity contribution in [3.05, 3.63) is 65.2 Å². The summed E-state index contributed by atoms with van der Waals surface area (Å²) in [6, 6.07) is 15.9. The predicted molar refractivity (Wildman–Crippen MR) is 132 cm³/mol. The average molecular weight is 447 g/mol. The molecule has 1 saturated carbocycles. The third-order valence-corrected chi connectivity index (χ3v) is 7.19. The highest BCUT2D eigenvalue weighted by atomic mass is 16.4. The number of aliphatic carboxylic acids is 1. The molecule has 1 aliphatic carbocycles. The molecule has 1 N–H and O–H groups in total. The van der Waals surface area contributed by atoms with Crippen molar-refractivity contribution >= 4 is 23.3 Å². The van der Waals surface area contributed by atoms with Crippen molar-refractivity contribution in [1.29, 1.82) is 0 Å². The summed E-state index contributed by atoms with van der Waals surface area (Å²) in [6.07, 6.45) is 4.52. The first kappa shape index (κ1) is 23.2. The van der Waals surface area contributed by atoms with Gasteiger partial charge in [-0.2, -0.15) is 0 Å². The molecule has 5 heteroatoms. The second-order valence-electron chi connectivity index (χ2n) is 9.31. The lowest BCUT2D eigenvalue weighted by Gasteiger charge is -2.30. The molecule has 1 fully saturated rings. The summed E-state index contributed by atoms with van der Waals surface area (Å²) in [5.41, 5.74) is 4.82. The van der Waals surface area contributed by atoms with Gasteiger partial charge < -0.3 is 10.0 Å². The summed E-state index contributed by atoms with van der Waals surface area (Å²) in [6.45, 7) is 6.22. The number of carboxylic acids is 1. The van der Waals surface area contributed by atoms with Crippen molar-refractivity contribution in [1.82, 2.24) is 0 Å². The van der Waals surface area contributed by atoms with Gasteiger partial charge in [-0.15, -0.1) is 0 Å². The van der Waals surface area contributed by atoms with E-state index in [9.17, 15) is 14.7 Å². The summed E-state index contributed by atoms with van der Waals surface area (Å²) < 4.78 is 0. The molecule has 4 rings (SSSR count). The molecule has 2 unspecified atom stereocenters. The Hall–Kier alpha value is -2.95. The van der Waals surface area contributed by atoms with Crippen molar-refractivity contribution < 1.29 is 14.7 Å². The number of carbonyl (C=O) groups is 2. The molecule has 0 bridgehead atoms. The highest BCUT2D eigenvalue weighted by molar-refractivity contribution is 6.20. The minimum Gasteiger partial charge on any atom is -0.481 e. The molecule has 174 valence electrons. The van der Waals surface area contributed by atoms with Gasteiger partial charge in [0.2, 0.25) is 0 Å². The van der Waals surface area contributed by atoms with E-state index in [1.807, 2.05) is 43.3 Å². The fraction of sp³-hybridized carbons (Fsp3) is 0.464. The van der Waals surface area contributed by atoms with Gasteiger partial charge >= 0.3 is 5.97 Å². The number of nitrogens with zero attached hydrogens (tertiary/aromatic N) is 2. The first-order valence-electron chi connectivity index (χ1n) is 12.3. The standard InChI is InChI=1S/C28H34N2O3/c1-4-18(5-2)26-27(31)30(17-19(6-3)28(32)33)24-15-14-22(20-12-13-20)16-23(24)25(29-26)21-10-8-7-9-11-21/h7-11,14-16,18-20,26H,4-6,12-13,17H2,1-3H3,(H,32,33). The van der Waals surface area contributed by atoms with E-state index in [0.717, 1.165) is 35.4 Å². The molecule has 1 amide bonds. The number of benzene rings is 2. The maximum atomic E-state index is 14.0. The van der Waals surface area contributed by atoms with Gasteiger partial charge in [-0.1, -0.05) is 70.0 Å². The summed E-state index contributed by atoms with van der Waals surface area (Å²) in [5, 5.41) is 9.76. The van der Waals surface area contributed by atoms with E-state index in [-0.39, 0.29) is 18.4 Å². The second-order valence-corrected chi connectivity index (χ2v) is 9.31. The van der Waals surface area contributed by atoms with Crippen LogP contribution in [0, 0.1) is 11.8 Å². The van der Waals surface area contributed by atoms with Crippen LogP contribution in [-0.4, -0.2) is 35.3 Å². The zero-order valence-corrected chi connectivity index (χ0v) is 19.8. The monoisotopic (exact) mass is 446 g/mol. The Kier molecular flexibility index (Phi) is 6.96. The highest BCUT2D eigenvalue weighted by Gasteiger charge is 2.38. The van der Waals surface area contributed by atoms with Crippen LogP contribution in [0.1, 0.15) is 75.5 Å². The molecule has 1 heterocycles. The lowest BCUT2D eigenvalue weighted by molar-refractivity contribution is -0.141. The van der Waals surface area contributed by atoms with Crippen LogP contribution in [0.4, 0.5) is 5.69 Å². The zero-order valence-electron chi connectivity index (χ0n) is 19.8. The fourth-order valence-electron chi connectivity index (χ4n) is 4.85. The minimum absolute atomic E-state index is 0.0882. The molecular weight excluding hydrogens is 412 g/mol. The molecule has 33 heavy (non-hydrogen) atoms. The molecule has 2 aromatic rings. The highest BCUT2D eigenvalue weighted by Crippen LogP contribution is 2.42. The summed E-state index contributed by atoms with van der Waals surface area (Å²) in [4.78, 5) is 32.7. The molecule has 2 atom stereocenters. The van der Waals surface area contributed by atoms with Gasteiger partial charge in [0.05, 0.1) is 17.3 Å². The van der Waals surface area contributed by atoms with E-state index in [4.69, 9.17) is 4.99 Å². The van der Waals surface area contributed by atoms with Gasteiger partial charge in [0, 0.05) is 17.7 Å². The Morgan fingerprint density at radius 2 is 1.76 bits per heavy atom. The Bertz CT molecular complexity index is 1040. The van der Waals surface area contributed by atoms with Gasteiger partial charge in [-0.25, -0.2) is 0 Å². The minimum atomic E-state index is -0.867. The summed E-state index contributed by atoms with van der Waals surface area (Å²) >= 11 is 0. The van der Waals surface area contributed by atoms with E-state index in [0.29, 0.717) is 12.3 Å². The van der Waals surface area contributed by atoms with Gasteiger partial charge in [0.15, 0.2) is 0 Å². The SMILES string of the molecule is CCC(CN1C(=O)C(C(CC)CC)N=C(c2ccccc2)c2cc(C3CC3)ccc21)C(=O)O. The van der Waals surface area contributed by atoms with Crippen LogP contribution in [0.3, 0.4) is 0 Å². The third kappa shape index (κ3) is 4.73. The number of rotatable bonds is 9. The normalized spacial score (nSPS) is 19.2. The number of amides is 1. The maximum Gasteiger partial charge on any atom is 0.308 e. The predicted octanol–water partition coefficient (Wildman–Crippen LogP) is 5.66. The van der Waals surface area contributed by atoms with Crippen LogP contribution >= 0.6 is 0 Å². The third-order valence-electron chi connectivity index (χ3n) is 7.19. The maximum absolute atomic E-state index is 14.0. The molecule has 0 spiro atoms. The van der Waals surface area contributed by atoms with Crippen molar-refractivity contribution in [2.75, 3.05) is 11.4 Å². The van der Waals surface area contributed by atoms with Crippen LogP contribution < -0.4 is 4.90 Å². The van der Waals surface area contributed by atoms with Crippen LogP contribution in [0.5, 0.6) is 0 Å². The molecule has 5 nitrogen and oxygen atoms in total. The van der Waals surface area contributed by atoms with Gasteiger partial charge in [0.25, 0.3) is 5.91 Å². The number of anilines is 1. The molecule has 0 radical (unpaired) electrons. The quantitative estimate of drug-likeness (QED) is 0.540. The van der Waals surface area contributed by atoms with E-state index in [1.54, 1.807) is 4.90 Å². The van der Waals surface area contributed by atoms with Crippen LogP contribution in [0.15, 0.2) is 53.5 Å². The molecule has 1 aliphatic heterocycles. The first-order chi connectivity index (χ1) is 16.0. The van der Waals surface area contributed by atoms with Crippen LogP contribution in [0.25, 0.3) is 0 Å². The lowest BCUT2D eigenvalue weighted by Crippen LogP contribution is -2.44. The van der Waals surface area contributed by atoms with E-state index in [1.165, 1.54) is 18.4 Å². The first-order valence-corrected chi connectivity index (χ1v) is 12.3. The Morgan fingerprint density at radius 1 is 1.06 bits per heavy atom. The molecule has 2 aliphatic rings. The smallest absolute Gasteiger partial charge is 0.308 e. The van der Waals surface area contributed by atoms with Gasteiger partial charge in [-0.3, -0.25) is 14.6 Å². The Balaban J connectivity index is 1.92. The Labute approximate surface area is 196 Å². The largest absolute Gasteiger partial charge is 0.481 e. The number of benzodiazepines with no additional fused rings is 1. The fourth-order valence-corrected chi connectivity index (χ4v) is 4.85. The van der Waals surface area contributed by atoms with E-state index < -0.39 is 17.9 Å². The van der Waals surface area contributed by atoms with Crippen molar-refractivity contribution in [2.24, 2.45) is 16.8 Å². The van der Waals surface area contributed by atoms with Crippen molar-refractivity contribution in [3.63, 3.8) is 0 Å². The Morgan fingerprint density at radius 3 is 2.33 bits per heavy atom. The number of hydrogen-bond acceptors (Lipinski definition) is 3.